The lowest BCUT2D eigenvalue weighted by Gasteiger charge is -2.27. The van der Waals surface area contributed by atoms with Crippen molar-refractivity contribution in [2.45, 2.75) is 53.2 Å². The minimum Gasteiger partial charge on any atom is -0.494 e. The fourth-order valence-corrected chi connectivity index (χ4v) is 2.71. The van der Waals surface area contributed by atoms with E-state index in [9.17, 15) is 4.79 Å². The zero-order valence-electron chi connectivity index (χ0n) is 17.1. The number of hydrogen-bond donors (Lipinski definition) is 0. The molecule has 0 N–H and O–H groups in total. The molecule has 0 radical (unpaired) electrons. The van der Waals surface area contributed by atoms with E-state index in [-0.39, 0.29) is 5.91 Å². The molecule has 1 aromatic carbocycles. The third-order valence-corrected chi connectivity index (χ3v) is 4.76. The van der Waals surface area contributed by atoms with E-state index in [4.69, 9.17) is 9.15 Å². The highest BCUT2D eigenvalue weighted by molar-refractivity contribution is 5.91. The van der Waals surface area contributed by atoms with Gasteiger partial charge >= 0.3 is 0 Å². The summed E-state index contributed by atoms with van der Waals surface area (Å²) in [5.74, 6) is 1.33. The van der Waals surface area contributed by atoms with E-state index in [1.807, 2.05) is 26.0 Å². The first-order chi connectivity index (χ1) is 13.0. The summed E-state index contributed by atoms with van der Waals surface area (Å²) < 4.78 is 11.1. The Hall–Kier alpha value is -2.34. The lowest BCUT2D eigenvalue weighted by atomic mass is 10.1. The summed E-state index contributed by atoms with van der Waals surface area (Å²) in [4.78, 5) is 20.5. The Kier molecular flexibility index (Phi) is 7.85. The first-order valence-corrected chi connectivity index (χ1v) is 9.64. The van der Waals surface area contributed by atoms with Crippen molar-refractivity contribution in [1.82, 2.24) is 14.8 Å². The van der Waals surface area contributed by atoms with Gasteiger partial charge in [-0.05, 0) is 44.9 Å². The summed E-state index contributed by atoms with van der Waals surface area (Å²) in [5, 5.41) is 0. The van der Waals surface area contributed by atoms with Crippen LogP contribution in [0.15, 0.2) is 34.9 Å². The molecule has 0 fully saturated rings. The minimum absolute atomic E-state index is 0.117. The molecule has 0 aliphatic rings. The van der Waals surface area contributed by atoms with Crippen molar-refractivity contribution in [2.75, 3.05) is 20.2 Å². The lowest BCUT2D eigenvalue weighted by Crippen LogP contribution is -2.32. The molecule has 0 saturated heterocycles. The zero-order valence-corrected chi connectivity index (χ0v) is 17.1. The molecule has 0 unspecified atom stereocenters. The number of hydrogen-bond acceptors (Lipinski definition) is 5. The average Bonchev–Trinajstić information content (AvgIpc) is 3.15. The van der Waals surface area contributed by atoms with Gasteiger partial charge in [0.15, 0.2) is 5.69 Å². The Morgan fingerprint density at radius 1 is 1.19 bits per heavy atom. The molecule has 0 aliphatic heterocycles. The SMILES string of the molecule is CCOc1ccc(CN(Cc2nc(C(=O)N(C)CC)co2)[C@H](C)CC)cc1. The van der Waals surface area contributed by atoms with Crippen LogP contribution in [0.25, 0.3) is 0 Å². The summed E-state index contributed by atoms with van der Waals surface area (Å²) in [5.41, 5.74) is 1.56. The smallest absolute Gasteiger partial charge is 0.275 e. The van der Waals surface area contributed by atoms with Gasteiger partial charge in [0.25, 0.3) is 5.91 Å². The van der Waals surface area contributed by atoms with Gasteiger partial charge in [0.05, 0.1) is 13.2 Å². The predicted molar refractivity (Wildman–Crippen MR) is 106 cm³/mol. The number of oxazole rings is 1. The van der Waals surface area contributed by atoms with Gasteiger partial charge in [0.2, 0.25) is 5.89 Å². The van der Waals surface area contributed by atoms with Crippen molar-refractivity contribution < 1.29 is 13.9 Å². The summed E-state index contributed by atoms with van der Waals surface area (Å²) in [6.07, 6.45) is 2.47. The van der Waals surface area contributed by atoms with Gasteiger partial charge < -0.3 is 14.1 Å². The molecule has 2 rings (SSSR count). The first kappa shape index (κ1) is 21.0. The molecule has 1 aromatic heterocycles. The molecule has 1 amide bonds. The van der Waals surface area contributed by atoms with Crippen LogP contribution in [0.3, 0.4) is 0 Å². The van der Waals surface area contributed by atoms with E-state index in [1.54, 1.807) is 11.9 Å². The minimum atomic E-state index is -0.117. The Morgan fingerprint density at radius 2 is 1.89 bits per heavy atom. The highest BCUT2D eigenvalue weighted by atomic mass is 16.5. The van der Waals surface area contributed by atoms with Crippen LogP contribution in [0.1, 0.15) is 56.1 Å². The average molecular weight is 373 g/mol. The molecule has 0 aliphatic carbocycles. The van der Waals surface area contributed by atoms with Crippen molar-refractivity contribution in [2.24, 2.45) is 0 Å². The van der Waals surface area contributed by atoms with Gasteiger partial charge in [-0.2, -0.15) is 0 Å². The molecule has 2 aromatic rings. The third-order valence-electron chi connectivity index (χ3n) is 4.76. The van der Waals surface area contributed by atoms with Gasteiger partial charge in [0.1, 0.15) is 12.0 Å². The number of rotatable bonds is 10. The number of amides is 1. The van der Waals surface area contributed by atoms with E-state index >= 15 is 0 Å². The van der Waals surface area contributed by atoms with Crippen LogP contribution in [0.4, 0.5) is 0 Å². The van der Waals surface area contributed by atoms with Gasteiger partial charge in [-0.25, -0.2) is 4.98 Å². The number of nitrogens with zero attached hydrogens (tertiary/aromatic N) is 3. The number of ether oxygens (including phenoxy) is 1. The molecule has 1 heterocycles. The lowest BCUT2D eigenvalue weighted by molar-refractivity contribution is 0.0796. The molecule has 6 heteroatoms. The van der Waals surface area contributed by atoms with Crippen molar-refractivity contribution in [3.63, 3.8) is 0 Å². The number of carbonyl (C=O) groups excluding carboxylic acids is 1. The molecule has 0 bridgehead atoms. The molecule has 0 spiro atoms. The molecular formula is C21H31N3O3. The van der Waals surface area contributed by atoms with E-state index in [0.29, 0.717) is 37.3 Å². The van der Waals surface area contributed by atoms with Crippen LogP contribution < -0.4 is 4.74 Å². The van der Waals surface area contributed by atoms with Crippen molar-refractivity contribution in [1.29, 1.82) is 0 Å². The van der Waals surface area contributed by atoms with Gasteiger partial charge in [0, 0.05) is 26.2 Å². The second-order valence-corrected chi connectivity index (χ2v) is 6.69. The Balaban J connectivity index is 2.08. The van der Waals surface area contributed by atoms with Crippen LogP contribution in [-0.4, -0.2) is 46.9 Å². The van der Waals surface area contributed by atoms with E-state index in [2.05, 4.69) is 35.9 Å². The fraction of sp³-hybridized carbons (Fsp3) is 0.524. The third kappa shape index (κ3) is 5.82. The Bertz CT molecular complexity index is 712. The Morgan fingerprint density at radius 3 is 2.48 bits per heavy atom. The van der Waals surface area contributed by atoms with Crippen LogP contribution in [0.5, 0.6) is 5.75 Å². The molecular weight excluding hydrogens is 342 g/mol. The second-order valence-electron chi connectivity index (χ2n) is 6.69. The van der Waals surface area contributed by atoms with Gasteiger partial charge in [-0.15, -0.1) is 0 Å². The van der Waals surface area contributed by atoms with Crippen molar-refractivity contribution >= 4 is 5.91 Å². The maximum atomic E-state index is 12.2. The zero-order chi connectivity index (χ0) is 19.8. The standard InChI is InChI=1S/C21H31N3O3/c1-6-16(4)24(13-17-9-11-18(12-10-17)26-8-3)14-20-22-19(15-27-20)21(25)23(5)7-2/h9-12,15-16H,6-8,13-14H2,1-5H3/t16-/m1/s1. The number of aromatic nitrogens is 1. The molecule has 1 atom stereocenters. The van der Waals surface area contributed by atoms with Crippen molar-refractivity contribution in [3.05, 3.63) is 47.7 Å². The quantitative estimate of drug-likeness (QED) is 0.631. The highest BCUT2D eigenvalue weighted by Crippen LogP contribution is 2.18. The van der Waals surface area contributed by atoms with Crippen LogP contribution in [0.2, 0.25) is 0 Å². The largest absolute Gasteiger partial charge is 0.494 e. The summed E-state index contributed by atoms with van der Waals surface area (Å²) in [6, 6.07) is 8.52. The summed E-state index contributed by atoms with van der Waals surface area (Å²) in [7, 11) is 1.76. The van der Waals surface area contributed by atoms with E-state index in [0.717, 1.165) is 18.7 Å². The van der Waals surface area contributed by atoms with Gasteiger partial charge in [-0.3, -0.25) is 9.69 Å². The monoisotopic (exact) mass is 373 g/mol. The number of benzene rings is 1. The van der Waals surface area contributed by atoms with Crippen LogP contribution in [0, 0.1) is 0 Å². The predicted octanol–water partition coefficient (Wildman–Crippen LogP) is 3.97. The maximum absolute atomic E-state index is 12.2. The topological polar surface area (TPSA) is 58.8 Å². The highest BCUT2D eigenvalue weighted by Gasteiger charge is 2.19. The first-order valence-electron chi connectivity index (χ1n) is 9.64. The second kappa shape index (κ2) is 10.1. The molecule has 148 valence electrons. The maximum Gasteiger partial charge on any atom is 0.275 e. The summed E-state index contributed by atoms with van der Waals surface area (Å²) >= 11 is 0. The molecule has 27 heavy (non-hydrogen) atoms. The van der Waals surface area contributed by atoms with E-state index < -0.39 is 0 Å². The van der Waals surface area contributed by atoms with Gasteiger partial charge in [-0.1, -0.05) is 19.1 Å². The van der Waals surface area contributed by atoms with E-state index in [1.165, 1.54) is 11.8 Å². The number of carbonyl (C=O) groups is 1. The van der Waals surface area contributed by atoms with Crippen molar-refractivity contribution in [3.8, 4) is 5.75 Å². The molecule has 6 nitrogen and oxygen atoms in total. The van der Waals surface area contributed by atoms with Crippen LogP contribution in [-0.2, 0) is 13.1 Å². The Labute approximate surface area is 162 Å². The van der Waals surface area contributed by atoms with Crippen LogP contribution >= 0.6 is 0 Å². The summed E-state index contributed by atoms with van der Waals surface area (Å²) in [6.45, 7) is 10.9. The fourth-order valence-electron chi connectivity index (χ4n) is 2.71. The normalized spacial score (nSPS) is 12.2. The molecule has 0 saturated carbocycles.